The Kier molecular flexibility index (Phi) is 2.48. The lowest BCUT2D eigenvalue weighted by molar-refractivity contribution is 0.0699. The van der Waals surface area contributed by atoms with Gasteiger partial charge in [-0.05, 0) is 24.3 Å². The molecule has 0 heterocycles. The topological polar surface area (TPSA) is 46.5 Å². The first kappa shape index (κ1) is 10.4. The minimum absolute atomic E-state index is 0.135. The number of carboxylic acids is 1. The van der Waals surface area contributed by atoms with Crippen molar-refractivity contribution in [2.75, 3.05) is 7.11 Å². The van der Waals surface area contributed by atoms with Crippen LogP contribution in [0.3, 0.4) is 0 Å². The van der Waals surface area contributed by atoms with E-state index in [-0.39, 0.29) is 5.56 Å². The van der Waals surface area contributed by atoms with Gasteiger partial charge in [-0.1, -0.05) is 6.07 Å². The lowest BCUT2D eigenvalue weighted by Crippen LogP contribution is -1.98. The van der Waals surface area contributed by atoms with Crippen molar-refractivity contribution in [3.63, 3.8) is 0 Å². The number of carbonyl (C=O) groups is 1. The van der Waals surface area contributed by atoms with Gasteiger partial charge in [-0.25, -0.2) is 9.18 Å². The maximum Gasteiger partial charge on any atom is 0.336 e. The van der Waals surface area contributed by atoms with Crippen molar-refractivity contribution in [3.8, 4) is 5.75 Å². The van der Waals surface area contributed by atoms with E-state index in [1.54, 1.807) is 0 Å². The van der Waals surface area contributed by atoms with E-state index >= 15 is 0 Å². The summed E-state index contributed by atoms with van der Waals surface area (Å²) in [6.45, 7) is 0. The van der Waals surface area contributed by atoms with Crippen LogP contribution in [-0.2, 0) is 0 Å². The summed E-state index contributed by atoms with van der Waals surface area (Å²) in [7, 11) is 1.46. The highest BCUT2D eigenvalue weighted by atomic mass is 19.1. The standard InChI is InChI=1S/C12H9FO3/c1-16-11-5-4-9(12(14)15)8-3-2-7(13)6-10(8)11/h2-6H,1H3,(H,14,15). The van der Waals surface area contributed by atoms with Crippen molar-refractivity contribution in [2.45, 2.75) is 0 Å². The molecule has 0 saturated carbocycles. The lowest BCUT2D eigenvalue weighted by atomic mass is 10.0. The summed E-state index contributed by atoms with van der Waals surface area (Å²) in [5.41, 5.74) is 0.135. The molecule has 0 atom stereocenters. The number of halogens is 1. The molecule has 0 spiro atoms. The number of carboxylic acid groups (broad SMARTS) is 1. The van der Waals surface area contributed by atoms with Crippen LogP contribution < -0.4 is 4.74 Å². The minimum Gasteiger partial charge on any atom is -0.496 e. The van der Waals surface area contributed by atoms with Crippen molar-refractivity contribution < 1.29 is 19.0 Å². The smallest absolute Gasteiger partial charge is 0.336 e. The van der Waals surface area contributed by atoms with Crippen LogP contribution in [0, 0.1) is 5.82 Å². The van der Waals surface area contributed by atoms with Gasteiger partial charge < -0.3 is 9.84 Å². The summed E-state index contributed by atoms with van der Waals surface area (Å²) in [6, 6.07) is 6.90. The molecule has 82 valence electrons. The van der Waals surface area contributed by atoms with Crippen LogP contribution in [-0.4, -0.2) is 18.2 Å². The summed E-state index contributed by atoms with van der Waals surface area (Å²) < 4.78 is 18.1. The Bertz CT molecular complexity index is 563. The molecule has 0 saturated heterocycles. The SMILES string of the molecule is COc1ccc(C(=O)O)c2ccc(F)cc12. The third-order valence-electron chi connectivity index (χ3n) is 2.39. The average Bonchev–Trinajstić information content (AvgIpc) is 2.27. The second-order valence-corrected chi connectivity index (χ2v) is 3.31. The molecule has 2 aromatic rings. The zero-order chi connectivity index (χ0) is 11.7. The highest BCUT2D eigenvalue weighted by molar-refractivity contribution is 6.05. The van der Waals surface area contributed by atoms with Crippen LogP contribution in [0.4, 0.5) is 4.39 Å². The van der Waals surface area contributed by atoms with Gasteiger partial charge in [0, 0.05) is 10.8 Å². The maximum absolute atomic E-state index is 13.1. The zero-order valence-electron chi connectivity index (χ0n) is 8.53. The number of benzene rings is 2. The number of fused-ring (bicyclic) bond motifs is 1. The summed E-state index contributed by atoms with van der Waals surface area (Å²) >= 11 is 0. The average molecular weight is 220 g/mol. The fourth-order valence-corrected chi connectivity index (χ4v) is 1.66. The molecule has 3 nitrogen and oxygen atoms in total. The first-order valence-corrected chi connectivity index (χ1v) is 4.63. The van der Waals surface area contributed by atoms with E-state index in [1.165, 1.54) is 37.4 Å². The Morgan fingerprint density at radius 3 is 2.62 bits per heavy atom. The van der Waals surface area contributed by atoms with Crippen molar-refractivity contribution in [3.05, 3.63) is 41.7 Å². The molecular formula is C12H9FO3. The molecule has 2 aromatic carbocycles. The number of ether oxygens (including phenoxy) is 1. The van der Waals surface area contributed by atoms with Crippen molar-refractivity contribution in [1.82, 2.24) is 0 Å². The number of rotatable bonds is 2. The molecule has 0 bridgehead atoms. The molecule has 0 aromatic heterocycles. The Hall–Kier alpha value is -2.10. The van der Waals surface area contributed by atoms with E-state index in [1.807, 2.05) is 0 Å². The van der Waals surface area contributed by atoms with Crippen LogP contribution in [0.1, 0.15) is 10.4 Å². The molecule has 0 aliphatic rings. The van der Waals surface area contributed by atoms with Crippen LogP contribution >= 0.6 is 0 Å². The van der Waals surface area contributed by atoms with Crippen LogP contribution in [0.25, 0.3) is 10.8 Å². The third kappa shape index (κ3) is 1.58. The van der Waals surface area contributed by atoms with Gasteiger partial charge >= 0.3 is 5.97 Å². The van der Waals surface area contributed by atoms with Crippen LogP contribution in [0.15, 0.2) is 30.3 Å². The third-order valence-corrected chi connectivity index (χ3v) is 2.39. The second-order valence-electron chi connectivity index (χ2n) is 3.31. The number of aromatic carboxylic acids is 1. The van der Waals surface area contributed by atoms with Gasteiger partial charge in [-0.15, -0.1) is 0 Å². The first-order chi connectivity index (χ1) is 7.63. The van der Waals surface area contributed by atoms with E-state index in [2.05, 4.69) is 0 Å². The normalized spacial score (nSPS) is 10.4. The molecule has 16 heavy (non-hydrogen) atoms. The molecule has 0 aliphatic carbocycles. The van der Waals surface area contributed by atoms with Crippen LogP contribution in [0.2, 0.25) is 0 Å². The summed E-state index contributed by atoms with van der Waals surface area (Å²) in [4.78, 5) is 11.0. The summed E-state index contributed by atoms with van der Waals surface area (Å²) in [5, 5.41) is 9.91. The van der Waals surface area contributed by atoms with E-state index in [0.29, 0.717) is 16.5 Å². The van der Waals surface area contributed by atoms with Gasteiger partial charge in [0.1, 0.15) is 11.6 Å². The van der Waals surface area contributed by atoms with Gasteiger partial charge in [-0.3, -0.25) is 0 Å². The predicted octanol–water partition coefficient (Wildman–Crippen LogP) is 2.69. The molecular weight excluding hydrogens is 211 g/mol. The summed E-state index contributed by atoms with van der Waals surface area (Å²) in [5.74, 6) is -1.01. The minimum atomic E-state index is -1.04. The Balaban J connectivity index is 2.85. The Morgan fingerprint density at radius 1 is 1.25 bits per heavy atom. The maximum atomic E-state index is 13.1. The highest BCUT2D eigenvalue weighted by Gasteiger charge is 2.12. The molecule has 0 aliphatic heterocycles. The quantitative estimate of drug-likeness (QED) is 0.846. The summed E-state index contributed by atoms with van der Waals surface area (Å²) in [6.07, 6.45) is 0. The van der Waals surface area contributed by atoms with Gasteiger partial charge in [0.15, 0.2) is 0 Å². The van der Waals surface area contributed by atoms with E-state index < -0.39 is 11.8 Å². The van der Waals surface area contributed by atoms with Gasteiger partial charge in [-0.2, -0.15) is 0 Å². The van der Waals surface area contributed by atoms with Crippen molar-refractivity contribution in [1.29, 1.82) is 0 Å². The molecule has 1 N–H and O–H groups in total. The van der Waals surface area contributed by atoms with E-state index in [0.717, 1.165) is 0 Å². The molecule has 0 amide bonds. The lowest BCUT2D eigenvalue weighted by Gasteiger charge is -2.07. The molecule has 0 radical (unpaired) electrons. The molecule has 0 fully saturated rings. The van der Waals surface area contributed by atoms with Crippen molar-refractivity contribution in [2.24, 2.45) is 0 Å². The van der Waals surface area contributed by atoms with Crippen LogP contribution in [0.5, 0.6) is 5.75 Å². The second kappa shape index (κ2) is 3.81. The highest BCUT2D eigenvalue weighted by Crippen LogP contribution is 2.29. The van der Waals surface area contributed by atoms with E-state index in [4.69, 9.17) is 9.84 Å². The first-order valence-electron chi connectivity index (χ1n) is 4.63. The number of methoxy groups -OCH3 is 1. The van der Waals surface area contributed by atoms with Gasteiger partial charge in [0.2, 0.25) is 0 Å². The Labute approximate surface area is 91.1 Å². The number of hydrogen-bond donors (Lipinski definition) is 1. The van der Waals surface area contributed by atoms with E-state index in [9.17, 15) is 9.18 Å². The largest absolute Gasteiger partial charge is 0.496 e. The monoisotopic (exact) mass is 220 g/mol. The predicted molar refractivity (Wildman–Crippen MR) is 57.4 cm³/mol. The molecule has 0 unspecified atom stereocenters. The fraction of sp³-hybridized carbons (Fsp3) is 0.0833. The van der Waals surface area contributed by atoms with Gasteiger partial charge in [0.05, 0.1) is 12.7 Å². The van der Waals surface area contributed by atoms with Gasteiger partial charge in [0.25, 0.3) is 0 Å². The Morgan fingerprint density at radius 2 is 2.00 bits per heavy atom. The zero-order valence-corrected chi connectivity index (χ0v) is 8.53. The fourth-order valence-electron chi connectivity index (χ4n) is 1.66. The van der Waals surface area contributed by atoms with Crippen molar-refractivity contribution >= 4 is 16.7 Å². The molecule has 4 heteroatoms. The molecule has 2 rings (SSSR count). The number of hydrogen-bond acceptors (Lipinski definition) is 2.